The minimum Gasteiger partial charge on any atom is -0.481 e. The maximum absolute atomic E-state index is 10.4. The lowest BCUT2D eigenvalue weighted by molar-refractivity contribution is -0.136. The Morgan fingerprint density at radius 1 is 1.62 bits per heavy atom. The van der Waals surface area contributed by atoms with Crippen LogP contribution in [0.4, 0.5) is 0 Å². The second-order valence-electron chi connectivity index (χ2n) is 2.82. The number of hydrogen-bond acceptors (Lipinski definition) is 2. The second-order valence-corrected chi connectivity index (χ2v) is 2.82. The third-order valence-corrected chi connectivity index (χ3v) is 1.81. The molecule has 0 saturated carbocycles. The fourth-order valence-electron chi connectivity index (χ4n) is 1.25. The lowest BCUT2D eigenvalue weighted by Gasteiger charge is -1.95. The summed E-state index contributed by atoms with van der Waals surface area (Å²) in [6.45, 7) is 0. The topological polar surface area (TPSA) is 66.0 Å². The molecule has 0 atom stereocenters. The molecule has 0 spiro atoms. The van der Waals surface area contributed by atoms with E-state index in [4.69, 9.17) is 5.11 Å². The van der Waals surface area contributed by atoms with Crippen LogP contribution in [0.3, 0.4) is 0 Å². The fourth-order valence-corrected chi connectivity index (χ4v) is 1.25. The number of H-pyrrole nitrogens is 1. The van der Waals surface area contributed by atoms with E-state index in [0.29, 0.717) is 5.56 Å². The lowest BCUT2D eigenvalue weighted by Crippen LogP contribution is -2.00. The van der Waals surface area contributed by atoms with Gasteiger partial charge in [-0.1, -0.05) is 0 Å². The molecule has 0 amide bonds. The summed E-state index contributed by atoms with van der Waals surface area (Å²) in [6, 6.07) is 3.65. The van der Waals surface area contributed by atoms with Crippen molar-refractivity contribution in [2.75, 3.05) is 0 Å². The normalized spacial score (nSPS) is 10.5. The van der Waals surface area contributed by atoms with E-state index in [2.05, 4.69) is 9.97 Å². The number of carboxylic acids is 1. The quantitative estimate of drug-likeness (QED) is 0.722. The Labute approximate surface area is 74.2 Å². The molecular formula is C9H8N2O2. The summed E-state index contributed by atoms with van der Waals surface area (Å²) in [5.41, 5.74) is 2.44. The standard InChI is InChI=1S/C9H8N2O2/c12-9(13)4-6-3-8-7(11-5-6)1-2-10-8/h1-3,5,10H,4H2,(H,12,13). The maximum atomic E-state index is 10.4. The molecule has 0 fully saturated rings. The number of carbonyl (C=O) groups is 1. The molecule has 2 N–H and O–H groups in total. The summed E-state index contributed by atoms with van der Waals surface area (Å²) in [5, 5.41) is 8.55. The van der Waals surface area contributed by atoms with E-state index >= 15 is 0 Å². The van der Waals surface area contributed by atoms with Crippen molar-refractivity contribution < 1.29 is 9.90 Å². The van der Waals surface area contributed by atoms with Gasteiger partial charge < -0.3 is 10.1 Å². The Morgan fingerprint density at radius 2 is 2.46 bits per heavy atom. The van der Waals surface area contributed by atoms with Gasteiger partial charge in [-0.3, -0.25) is 9.78 Å². The number of aromatic nitrogens is 2. The molecule has 0 aliphatic carbocycles. The van der Waals surface area contributed by atoms with Crippen LogP contribution >= 0.6 is 0 Å². The monoisotopic (exact) mass is 176 g/mol. The first-order valence-electron chi connectivity index (χ1n) is 3.89. The average molecular weight is 176 g/mol. The third kappa shape index (κ3) is 1.51. The predicted molar refractivity (Wildman–Crippen MR) is 47.4 cm³/mol. The van der Waals surface area contributed by atoms with Gasteiger partial charge in [0.15, 0.2) is 0 Å². The number of carboxylic acid groups (broad SMARTS) is 1. The van der Waals surface area contributed by atoms with Gasteiger partial charge in [0.1, 0.15) is 0 Å². The van der Waals surface area contributed by atoms with Crippen molar-refractivity contribution in [3.8, 4) is 0 Å². The van der Waals surface area contributed by atoms with Gasteiger partial charge in [-0.2, -0.15) is 0 Å². The van der Waals surface area contributed by atoms with Gasteiger partial charge >= 0.3 is 5.97 Å². The molecule has 4 heteroatoms. The van der Waals surface area contributed by atoms with Crippen LogP contribution in [0.2, 0.25) is 0 Å². The van der Waals surface area contributed by atoms with Crippen molar-refractivity contribution in [3.63, 3.8) is 0 Å². The number of fused-ring (bicyclic) bond motifs is 1. The first-order valence-corrected chi connectivity index (χ1v) is 3.89. The molecule has 0 aliphatic rings. The molecule has 0 aliphatic heterocycles. The summed E-state index contributed by atoms with van der Waals surface area (Å²) in [5.74, 6) is -0.840. The Kier molecular flexibility index (Phi) is 1.73. The second kappa shape index (κ2) is 2.90. The average Bonchev–Trinajstić information content (AvgIpc) is 2.49. The first-order chi connectivity index (χ1) is 6.25. The Hall–Kier alpha value is -1.84. The van der Waals surface area contributed by atoms with Gasteiger partial charge in [0.2, 0.25) is 0 Å². The molecule has 2 rings (SSSR count). The van der Waals surface area contributed by atoms with Crippen molar-refractivity contribution >= 4 is 17.0 Å². The highest BCUT2D eigenvalue weighted by atomic mass is 16.4. The van der Waals surface area contributed by atoms with Crippen LogP contribution in [0.15, 0.2) is 24.5 Å². The van der Waals surface area contributed by atoms with E-state index in [1.165, 1.54) is 0 Å². The van der Waals surface area contributed by atoms with Crippen molar-refractivity contribution in [2.45, 2.75) is 6.42 Å². The molecule has 0 saturated heterocycles. The highest BCUT2D eigenvalue weighted by molar-refractivity contribution is 5.77. The number of aromatic amines is 1. The van der Waals surface area contributed by atoms with Crippen molar-refractivity contribution in [3.05, 3.63) is 30.1 Å². The van der Waals surface area contributed by atoms with Crippen LogP contribution < -0.4 is 0 Å². The number of hydrogen-bond donors (Lipinski definition) is 2. The van der Waals surface area contributed by atoms with Crippen molar-refractivity contribution in [2.24, 2.45) is 0 Å². The molecule has 0 radical (unpaired) electrons. The number of nitrogens with one attached hydrogen (secondary N) is 1. The highest BCUT2D eigenvalue weighted by Crippen LogP contribution is 2.10. The fraction of sp³-hybridized carbons (Fsp3) is 0.111. The van der Waals surface area contributed by atoms with E-state index in [-0.39, 0.29) is 6.42 Å². The summed E-state index contributed by atoms with van der Waals surface area (Å²) in [4.78, 5) is 17.5. The van der Waals surface area contributed by atoms with Crippen molar-refractivity contribution in [1.29, 1.82) is 0 Å². The van der Waals surface area contributed by atoms with E-state index in [9.17, 15) is 4.79 Å². The molecule has 0 aromatic carbocycles. The molecule has 66 valence electrons. The minimum atomic E-state index is -0.840. The van der Waals surface area contributed by atoms with Gasteiger partial charge in [0.25, 0.3) is 0 Å². The zero-order valence-corrected chi connectivity index (χ0v) is 6.82. The predicted octanol–water partition coefficient (Wildman–Crippen LogP) is 1.19. The van der Waals surface area contributed by atoms with Gasteiger partial charge in [0, 0.05) is 12.4 Å². The van der Waals surface area contributed by atoms with Gasteiger partial charge in [-0.05, 0) is 17.7 Å². The highest BCUT2D eigenvalue weighted by Gasteiger charge is 2.02. The number of nitrogens with zero attached hydrogens (tertiary/aromatic N) is 1. The third-order valence-electron chi connectivity index (χ3n) is 1.81. The molecule has 2 heterocycles. The maximum Gasteiger partial charge on any atom is 0.307 e. The molecule has 2 aromatic rings. The zero-order valence-electron chi connectivity index (χ0n) is 6.82. The Morgan fingerprint density at radius 3 is 3.23 bits per heavy atom. The lowest BCUT2D eigenvalue weighted by atomic mass is 10.2. The smallest absolute Gasteiger partial charge is 0.307 e. The largest absolute Gasteiger partial charge is 0.481 e. The van der Waals surface area contributed by atoms with Crippen LogP contribution in [0.1, 0.15) is 5.56 Å². The molecule has 0 bridgehead atoms. The van der Waals surface area contributed by atoms with Gasteiger partial charge in [-0.15, -0.1) is 0 Å². The number of pyridine rings is 1. The van der Waals surface area contributed by atoms with Gasteiger partial charge in [-0.25, -0.2) is 0 Å². The molecule has 13 heavy (non-hydrogen) atoms. The van der Waals surface area contributed by atoms with Crippen LogP contribution in [0.25, 0.3) is 11.0 Å². The van der Waals surface area contributed by atoms with E-state index in [1.807, 2.05) is 6.07 Å². The molecule has 2 aromatic heterocycles. The summed E-state index contributed by atoms with van der Waals surface area (Å²) < 4.78 is 0. The number of aliphatic carboxylic acids is 1. The van der Waals surface area contributed by atoms with E-state index < -0.39 is 5.97 Å². The summed E-state index contributed by atoms with van der Waals surface area (Å²) >= 11 is 0. The van der Waals surface area contributed by atoms with Gasteiger partial charge in [0.05, 0.1) is 17.5 Å². The Bertz CT molecular complexity index is 448. The van der Waals surface area contributed by atoms with Crippen LogP contribution in [-0.2, 0) is 11.2 Å². The van der Waals surface area contributed by atoms with Crippen molar-refractivity contribution in [1.82, 2.24) is 9.97 Å². The number of rotatable bonds is 2. The SMILES string of the molecule is O=C(O)Cc1cnc2cc[nH]c2c1. The minimum absolute atomic E-state index is 0.0158. The molecule has 4 nitrogen and oxygen atoms in total. The first kappa shape index (κ1) is 7.79. The van der Waals surface area contributed by atoms with Crippen LogP contribution in [0, 0.1) is 0 Å². The summed E-state index contributed by atoms with van der Waals surface area (Å²) in [6.07, 6.45) is 3.38. The van der Waals surface area contributed by atoms with Crippen LogP contribution in [-0.4, -0.2) is 21.0 Å². The van der Waals surface area contributed by atoms with E-state index in [1.54, 1.807) is 18.5 Å². The molecule has 0 unspecified atom stereocenters. The zero-order chi connectivity index (χ0) is 9.26. The summed E-state index contributed by atoms with van der Waals surface area (Å²) in [7, 11) is 0. The van der Waals surface area contributed by atoms with Crippen LogP contribution in [0.5, 0.6) is 0 Å². The van der Waals surface area contributed by atoms with E-state index in [0.717, 1.165) is 11.0 Å². The molecular weight excluding hydrogens is 168 g/mol. The Balaban J connectivity index is 2.42.